The molecule has 7 heteroatoms. The fraction of sp³-hybridized carbons (Fsp3) is 0.250. The summed E-state index contributed by atoms with van der Waals surface area (Å²) in [7, 11) is 0. The quantitative estimate of drug-likeness (QED) is 0.855. The van der Waals surface area contributed by atoms with E-state index in [-0.39, 0.29) is 5.69 Å². The lowest BCUT2D eigenvalue weighted by atomic mass is 10.1. The molecule has 0 fully saturated rings. The number of aliphatic hydroxyl groups is 1. The van der Waals surface area contributed by atoms with Crippen molar-refractivity contribution in [1.29, 1.82) is 0 Å². The first-order valence-electron chi connectivity index (χ1n) is 5.39. The zero-order valence-electron chi connectivity index (χ0n) is 9.82. The van der Waals surface area contributed by atoms with Gasteiger partial charge < -0.3 is 5.11 Å². The maximum Gasteiger partial charge on any atom is 0.419 e. The van der Waals surface area contributed by atoms with Crippen molar-refractivity contribution >= 4 is 0 Å². The lowest BCUT2D eigenvalue weighted by Crippen LogP contribution is -2.04. The molecular formula is C12H10F4N2O. The Kier molecular flexibility index (Phi) is 3.32. The molecule has 0 aliphatic heterocycles. The van der Waals surface area contributed by atoms with Crippen LogP contribution < -0.4 is 0 Å². The highest BCUT2D eigenvalue weighted by Crippen LogP contribution is 2.29. The van der Waals surface area contributed by atoms with Crippen molar-refractivity contribution in [2.24, 2.45) is 0 Å². The van der Waals surface area contributed by atoms with Crippen LogP contribution in [-0.2, 0) is 6.18 Å². The molecule has 3 nitrogen and oxygen atoms in total. The minimum atomic E-state index is -4.52. The van der Waals surface area contributed by atoms with Gasteiger partial charge in [-0.2, -0.15) is 18.3 Å². The Labute approximate surface area is 106 Å². The zero-order chi connectivity index (χ0) is 14.2. The molecule has 1 atom stereocenters. The average Bonchev–Trinajstić information content (AvgIpc) is 2.77. The van der Waals surface area contributed by atoms with Gasteiger partial charge in [0.05, 0.1) is 17.9 Å². The topological polar surface area (TPSA) is 38.0 Å². The molecule has 0 spiro atoms. The summed E-state index contributed by atoms with van der Waals surface area (Å²) in [4.78, 5) is 0. The van der Waals surface area contributed by atoms with Gasteiger partial charge in [-0.3, -0.25) is 0 Å². The van der Waals surface area contributed by atoms with Crippen LogP contribution in [0.4, 0.5) is 17.6 Å². The zero-order valence-corrected chi connectivity index (χ0v) is 9.82. The van der Waals surface area contributed by atoms with E-state index in [1.54, 1.807) is 0 Å². The van der Waals surface area contributed by atoms with E-state index in [2.05, 4.69) is 5.10 Å². The second-order valence-electron chi connectivity index (χ2n) is 4.06. The SMILES string of the molecule is C[C@@H](O)c1ccc(-n2cc(C(F)(F)F)cn2)c(F)c1. The van der Waals surface area contributed by atoms with E-state index in [0.29, 0.717) is 18.0 Å². The van der Waals surface area contributed by atoms with Crippen LogP contribution in [0.15, 0.2) is 30.6 Å². The molecule has 0 radical (unpaired) electrons. The Morgan fingerprint density at radius 2 is 2.00 bits per heavy atom. The van der Waals surface area contributed by atoms with Gasteiger partial charge in [0.2, 0.25) is 0 Å². The fourth-order valence-corrected chi connectivity index (χ4v) is 1.57. The Bertz CT molecular complexity index is 590. The molecule has 0 saturated heterocycles. The summed E-state index contributed by atoms with van der Waals surface area (Å²) in [6, 6.07) is 3.76. The molecule has 0 aliphatic rings. The van der Waals surface area contributed by atoms with Gasteiger partial charge in [-0.25, -0.2) is 9.07 Å². The highest BCUT2D eigenvalue weighted by Gasteiger charge is 2.32. The van der Waals surface area contributed by atoms with Crippen molar-refractivity contribution in [2.45, 2.75) is 19.2 Å². The molecule has 1 N–H and O–H groups in total. The van der Waals surface area contributed by atoms with Crippen LogP contribution in [0.25, 0.3) is 5.69 Å². The molecule has 0 unspecified atom stereocenters. The molecule has 1 aromatic heterocycles. The minimum Gasteiger partial charge on any atom is -0.389 e. The number of aromatic nitrogens is 2. The number of rotatable bonds is 2. The molecule has 1 aromatic carbocycles. The Hall–Kier alpha value is -1.89. The molecule has 0 amide bonds. The molecule has 0 saturated carbocycles. The van der Waals surface area contributed by atoms with Crippen LogP contribution in [-0.4, -0.2) is 14.9 Å². The number of alkyl halides is 3. The molecule has 2 aromatic rings. The van der Waals surface area contributed by atoms with Crippen LogP contribution in [0.2, 0.25) is 0 Å². The molecule has 19 heavy (non-hydrogen) atoms. The molecule has 102 valence electrons. The molecule has 0 aliphatic carbocycles. The van der Waals surface area contributed by atoms with Crippen LogP contribution in [0, 0.1) is 5.82 Å². The first-order valence-corrected chi connectivity index (χ1v) is 5.39. The second-order valence-corrected chi connectivity index (χ2v) is 4.06. The number of hydrogen-bond acceptors (Lipinski definition) is 2. The average molecular weight is 274 g/mol. The van der Waals surface area contributed by atoms with Crippen LogP contribution in [0.3, 0.4) is 0 Å². The van der Waals surface area contributed by atoms with E-state index in [4.69, 9.17) is 0 Å². The van der Waals surface area contributed by atoms with E-state index in [1.807, 2.05) is 0 Å². The number of benzene rings is 1. The van der Waals surface area contributed by atoms with E-state index in [0.717, 1.165) is 10.7 Å². The highest BCUT2D eigenvalue weighted by molar-refractivity contribution is 5.37. The normalized spacial score (nSPS) is 13.6. The summed E-state index contributed by atoms with van der Waals surface area (Å²) in [6.07, 6.45) is -4.04. The van der Waals surface area contributed by atoms with E-state index in [9.17, 15) is 22.7 Å². The van der Waals surface area contributed by atoms with E-state index in [1.165, 1.54) is 19.1 Å². The van der Waals surface area contributed by atoms with Crippen molar-refractivity contribution in [3.05, 3.63) is 47.5 Å². The van der Waals surface area contributed by atoms with Gasteiger partial charge in [0.15, 0.2) is 0 Å². The number of halogens is 4. The Morgan fingerprint density at radius 3 is 2.47 bits per heavy atom. The highest BCUT2D eigenvalue weighted by atomic mass is 19.4. The van der Waals surface area contributed by atoms with Gasteiger partial charge in [0.1, 0.15) is 11.5 Å². The van der Waals surface area contributed by atoms with Gasteiger partial charge in [-0.15, -0.1) is 0 Å². The second kappa shape index (κ2) is 4.65. The van der Waals surface area contributed by atoms with Crippen molar-refractivity contribution in [3.63, 3.8) is 0 Å². The van der Waals surface area contributed by atoms with Gasteiger partial charge in [0, 0.05) is 6.20 Å². The molecular weight excluding hydrogens is 264 g/mol. The largest absolute Gasteiger partial charge is 0.419 e. The third kappa shape index (κ3) is 2.76. The van der Waals surface area contributed by atoms with Crippen molar-refractivity contribution < 1.29 is 22.7 Å². The van der Waals surface area contributed by atoms with E-state index < -0.39 is 23.7 Å². The van der Waals surface area contributed by atoms with Crippen molar-refractivity contribution in [2.75, 3.05) is 0 Å². The molecule has 0 bridgehead atoms. The predicted octanol–water partition coefficient (Wildman–Crippen LogP) is 3.08. The lowest BCUT2D eigenvalue weighted by Gasteiger charge is -2.08. The smallest absolute Gasteiger partial charge is 0.389 e. The van der Waals surface area contributed by atoms with Crippen LogP contribution in [0.1, 0.15) is 24.2 Å². The summed E-state index contributed by atoms with van der Waals surface area (Å²) in [6.45, 7) is 1.46. The molecule has 1 heterocycles. The minimum absolute atomic E-state index is 0.111. The van der Waals surface area contributed by atoms with Gasteiger partial charge in [-0.05, 0) is 24.6 Å². The maximum absolute atomic E-state index is 13.7. The summed E-state index contributed by atoms with van der Waals surface area (Å²) in [5, 5.41) is 12.8. The fourth-order valence-electron chi connectivity index (χ4n) is 1.57. The number of aliphatic hydroxyl groups excluding tert-OH is 1. The third-order valence-electron chi connectivity index (χ3n) is 2.61. The number of nitrogens with zero attached hydrogens (tertiary/aromatic N) is 2. The molecule has 2 rings (SSSR count). The monoisotopic (exact) mass is 274 g/mol. The van der Waals surface area contributed by atoms with Gasteiger partial charge in [0.25, 0.3) is 0 Å². The van der Waals surface area contributed by atoms with Crippen molar-refractivity contribution in [3.8, 4) is 5.69 Å². The van der Waals surface area contributed by atoms with Crippen molar-refractivity contribution in [1.82, 2.24) is 9.78 Å². The van der Waals surface area contributed by atoms with Gasteiger partial charge >= 0.3 is 6.18 Å². The predicted molar refractivity (Wildman–Crippen MR) is 59.2 cm³/mol. The first-order chi connectivity index (χ1) is 8.79. The third-order valence-corrected chi connectivity index (χ3v) is 2.61. The van der Waals surface area contributed by atoms with Gasteiger partial charge in [-0.1, -0.05) is 6.07 Å². The van der Waals surface area contributed by atoms with Crippen LogP contribution in [0.5, 0.6) is 0 Å². The lowest BCUT2D eigenvalue weighted by molar-refractivity contribution is -0.137. The summed E-state index contributed by atoms with van der Waals surface area (Å²) in [5.74, 6) is -0.754. The first kappa shape index (κ1) is 13.5. The summed E-state index contributed by atoms with van der Waals surface area (Å²) >= 11 is 0. The Morgan fingerprint density at radius 1 is 1.32 bits per heavy atom. The summed E-state index contributed by atoms with van der Waals surface area (Å²) < 4.78 is 51.8. The summed E-state index contributed by atoms with van der Waals surface area (Å²) in [5.41, 5.74) is -0.726. The number of hydrogen-bond donors (Lipinski definition) is 1. The standard InChI is InChI=1S/C12H10F4N2O/c1-7(19)8-2-3-11(10(13)4-8)18-6-9(5-17-18)12(14,15)16/h2-7,19H,1H3/t7-/m1/s1. The Balaban J connectivity index is 2.40. The van der Waals surface area contributed by atoms with E-state index >= 15 is 0 Å². The van der Waals surface area contributed by atoms with Crippen LogP contribution >= 0.6 is 0 Å². The maximum atomic E-state index is 13.7.